The highest BCUT2D eigenvalue weighted by atomic mass is 16.5. The van der Waals surface area contributed by atoms with Crippen LogP contribution >= 0.6 is 0 Å². The van der Waals surface area contributed by atoms with Gasteiger partial charge < -0.3 is 35.4 Å². The van der Waals surface area contributed by atoms with Crippen molar-refractivity contribution in [2.75, 3.05) is 39.6 Å². The Kier molecular flexibility index (Phi) is 7.54. The van der Waals surface area contributed by atoms with Gasteiger partial charge in [-0.25, -0.2) is 0 Å². The highest BCUT2D eigenvalue weighted by Gasteiger charge is 2.48. The van der Waals surface area contributed by atoms with Gasteiger partial charge in [0.05, 0.1) is 62.2 Å². The summed E-state index contributed by atoms with van der Waals surface area (Å²) in [4.78, 5) is 0. The van der Waals surface area contributed by atoms with Gasteiger partial charge >= 0.3 is 0 Å². The van der Waals surface area contributed by atoms with E-state index in [1.807, 2.05) is 0 Å². The molecule has 0 fully saturated rings. The van der Waals surface area contributed by atoms with Crippen molar-refractivity contribution in [3.63, 3.8) is 0 Å². The first-order chi connectivity index (χ1) is 9.14. The van der Waals surface area contributed by atoms with Gasteiger partial charge in [-0.15, -0.1) is 0 Å². The molecule has 122 valence electrons. The van der Waals surface area contributed by atoms with E-state index in [4.69, 9.17) is 4.74 Å². The molecule has 20 heavy (non-hydrogen) atoms. The fourth-order valence-corrected chi connectivity index (χ4v) is 1.92. The van der Waals surface area contributed by atoms with Gasteiger partial charge in [0.15, 0.2) is 0 Å². The fourth-order valence-electron chi connectivity index (χ4n) is 1.92. The summed E-state index contributed by atoms with van der Waals surface area (Å²) in [6.45, 7) is 2.09. The Balaban J connectivity index is 4.89. The number of rotatable bonds is 10. The molecule has 7 nitrogen and oxygen atoms in total. The van der Waals surface area contributed by atoms with Crippen LogP contribution in [0.1, 0.15) is 20.8 Å². The standard InChI is InChI=1S/C13H28O7/c1-10(18)13(7-17,11(2,3)19)9-20-8-12(4-14,5-15)6-16/h10,14-19H,4-9H2,1-3H3. The predicted octanol–water partition coefficient (Wildman–Crippen LogP) is -1.90. The van der Waals surface area contributed by atoms with Gasteiger partial charge in [0.2, 0.25) is 0 Å². The van der Waals surface area contributed by atoms with Crippen molar-refractivity contribution in [1.82, 2.24) is 0 Å². The largest absolute Gasteiger partial charge is 0.396 e. The molecular formula is C13H28O7. The monoisotopic (exact) mass is 296 g/mol. The van der Waals surface area contributed by atoms with E-state index in [2.05, 4.69) is 0 Å². The Labute approximate surface area is 119 Å². The topological polar surface area (TPSA) is 131 Å². The molecule has 0 aliphatic carbocycles. The van der Waals surface area contributed by atoms with Gasteiger partial charge in [-0.2, -0.15) is 0 Å². The molecule has 0 radical (unpaired) electrons. The van der Waals surface area contributed by atoms with E-state index < -0.39 is 49.0 Å². The van der Waals surface area contributed by atoms with Crippen LogP contribution in [0.25, 0.3) is 0 Å². The van der Waals surface area contributed by atoms with Gasteiger partial charge in [0, 0.05) is 0 Å². The average Bonchev–Trinajstić information content (AvgIpc) is 2.38. The predicted molar refractivity (Wildman–Crippen MR) is 72.0 cm³/mol. The summed E-state index contributed by atoms with van der Waals surface area (Å²) in [6.07, 6.45) is -1.04. The Morgan fingerprint density at radius 3 is 1.60 bits per heavy atom. The highest BCUT2D eigenvalue weighted by Crippen LogP contribution is 2.35. The molecule has 0 saturated carbocycles. The van der Waals surface area contributed by atoms with Crippen LogP contribution < -0.4 is 0 Å². The first-order valence-electron chi connectivity index (χ1n) is 6.56. The first-order valence-corrected chi connectivity index (χ1v) is 6.56. The second kappa shape index (κ2) is 7.65. The first kappa shape index (κ1) is 19.7. The van der Waals surface area contributed by atoms with Crippen molar-refractivity contribution < 1.29 is 35.4 Å². The van der Waals surface area contributed by atoms with Crippen LogP contribution in [0.4, 0.5) is 0 Å². The quantitative estimate of drug-likeness (QED) is 0.277. The normalized spacial score (nSPS) is 17.9. The molecular weight excluding hydrogens is 268 g/mol. The van der Waals surface area contributed by atoms with Crippen LogP contribution in [0, 0.1) is 10.8 Å². The summed E-state index contributed by atoms with van der Waals surface area (Å²) in [5.74, 6) is 0. The SMILES string of the molecule is CC(O)C(CO)(COCC(CO)(CO)CO)C(C)(C)O. The van der Waals surface area contributed by atoms with Gasteiger partial charge in [-0.3, -0.25) is 0 Å². The maximum atomic E-state index is 10.2. The highest BCUT2D eigenvalue weighted by molar-refractivity contribution is 4.97. The smallest absolute Gasteiger partial charge is 0.0716 e. The molecule has 0 aromatic carbocycles. The molecule has 7 heteroatoms. The van der Waals surface area contributed by atoms with E-state index in [1.165, 1.54) is 20.8 Å². The van der Waals surface area contributed by atoms with E-state index >= 15 is 0 Å². The van der Waals surface area contributed by atoms with Crippen LogP contribution in [0.3, 0.4) is 0 Å². The third-order valence-electron chi connectivity index (χ3n) is 4.07. The molecule has 0 aliphatic heterocycles. The van der Waals surface area contributed by atoms with Gasteiger partial charge in [-0.05, 0) is 20.8 Å². The number of hydrogen-bond donors (Lipinski definition) is 6. The van der Waals surface area contributed by atoms with Crippen molar-refractivity contribution in [3.8, 4) is 0 Å². The Morgan fingerprint density at radius 2 is 1.35 bits per heavy atom. The van der Waals surface area contributed by atoms with Crippen molar-refractivity contribution in [1.29, 1.82) is 0 Å². The van der Waals surface area contributed by atoms with Crippen LogP contribution in [0.5, 0.6) is 0 Å². The summed E-state index contributed by atoms with van der Waals surface area (Å²) in [7, 11) is 0. The minimum Gasteiger partial charge on any atom is -0.396 e. The molecule has 0 rings (SSSR count). The number of aliphatic hydroxyl groups is 6. The van der Waals surface area contributed by atoms with Crippen LogP contribution in [0.15, 0.2) is 0 Å². The molecule has 2 unspecified atom stereocenters. The maximum Gasteiger partial charge on any atom is 0.0716 e. The van der Waals surface area contributed by atoms with Crippen molar-refractivity contribution >= 4 is 0 Å². The van der Waals surface area contributed by atoms with Gasteiger partial charge in [0.1, 0.15) is 0 Å². The number of hydrogen-bond acceptors (Lipinski definition) is 7. The van der Waals surface area contributed by atoms with Gasteiger partial charge in [0.25, 0.3) is 0 Å². The Bertz CT molecular complexity index is 262. The van der Waals surface area contributed by atoms with E-state index in [1.54, 1.807) is 0 Å². The minimum absolute atomic E-state index is 0.166. The van der Waals surface area contributed by atoms with Crippen molar-refractivity contribution in [2.24, 2.45) is 10.8 Å². The molecule has 2 atom stereocenters. The molecule has 0 saturated heterocycles. The summed E-state index contributed by atoms with van der Waals surface area (Å²) >= 11 is 0. The number of aliphatic hydroxyl groups excluding tert-OH is 5. The Hall–Kier alpha value is -0.280. The second-order valence-corrected chi connectivity index (χ2v) is 6.02. The third-order valence-corrected chi connectivity index (χ3v) is 4.07. The molecule has 0 bridgehead atoms. The lowest BCUT2D eigenvalue weighted by Crippen LogP contribution is -2.56. The molecule has 0 heterocycles. The third kappa shape index (κ3) is 4.11. The lowest BCUT2D eigenvalue weighted by atomic mass is 9.71. The van der Waals surface area contributed by atoms with Crippen molar-refractivity contribution in [3.05, 3.63) is 0 Å². The van der Waals surface area contributed by atoms with E-state index in [0.717, 1.165) is 0 Å². The van der Waals surface area contributed by atoms with E-state index in [0.29, 0.717) is 0 Å². The summed E-state index contributed by atoms with van der Waals surface area (Å²) in [6, 6.07) is 0. The Morgan fingerprint density at radius 1 is 0.900 bits per heavy atom. The second-order valence-electron chi connectivity index (χ2n) is 6.02. The number of ether oxygens (including phenoxy) is 1. The average molecular weight is 296 g/mol. The summed E-state index contributed by atoms with van der Waals surface area (Å²) < 4.78 is 5.36. The van der Waals surface area contributed by atoms with E-state index in [-0.39, 0.29) is 13.2 Å². The molecule has 6 N–H and O–H groups in total. The van der Waals surface area contributed by atoms with Crippen LogP contribution in [-0.2, 0) is 4.74 Å². The zero-order valence-electron chi connectivity index (χ0n) is 12.4. The summed E-state index contributed by atoms with van der Waals surface area (Å²) in [5.41, 5.74) is -3.91. The molecule has 0 amide bonds. The lowest BCUT2D eigenvalue weighted by Gasteiger charge is -2.44. The fraction of sp³-hybridized carbons (Fsp3) is 1.00. The van der Waals surface area contributed by atoms with Crippen LogP contribution in [0.2, 0.25) is 0 Å². The molecule has 0 spiro atoms. The molecule has 0 aliphatic rings. The molecule has 0 aromatic rings. The maximum absolute atomic E-state index is 10.2. The van der Waals surface area contributed by atoms with E-state index in [9.17, 15) is 30.6 Å². The van der Waals surface area contributed by atoms with Gasteiger partial charge in [-0.1, -0.05) is 0 Å². The minimum atomic E-state index is -1.41. The summed E-state index contributed by atoms with van der Waals surface area (Å²) in [5, 5.41) is 57.1. The van der Waals surface area contributed by atoms with Crippen molar-refractivity contribution in [2.45, 2.75) is 32.5 Å². The molecule has 0 aromatic heterocycles. The zero-order chi connectivity index (χ0) is 16.0. The van der Waals surface area contributed by atoms with Crippen LogP contribution in [-0.4, -0.2) is 82.0 Å². The zero-order valence-corrected chi connectivity index (χ0v) is 12.4. The lowest BCUT2D eigenvalue weighted by molar-refractivity contribution is -0.182.